The highest BCUT2D eigenvalue weighted by Crippen LogP contribution is 2.33. The van der Waals surface area contributed by atoms with Crippen LogP contribution in [0.1, 0.15) is 34.5 Å². The number of rotatable bonds is 2. The molecular weight excluding hydrogens is 416 g/mol. The van der Waals surface area contributed by atoms with Crippen LogP contribution in [0, 0.1) is 6.92 Å². The van der Waals surface area contributed by atoms with Crippen molar-refractivity contribution in [2.75, 3.05) is 5.32 Å². The quantitative estimate of drug-likeness (QED) is 0.614. The maximum absolute atomic E-state index is 13.0. The summed E-state index contributed by atoms with van der Waals surface area (Å²) in [5, 5.41) is 4.01. The summed E-state index contributed by atoms with van der Waals surface area (Å²) in [6, 6.07) is 9.26. The summed E-state index contributed by atoms with van der Waals surface area (Å²) in [7, 11) is 0. The van der Waals surface area contributed by atoms with Gasteiger partial charge in [0.15, 0.2) is 0 Å². The number of anilines is 1. The highest BCUT2D eigenvalue weighted by molar-refractivity contribution is 9.10. The number of aryl methyl sites for hydroxylation is 1. The number of amides is 1. The summed E-state index contributed by atoms with van der Waals surface area (Å²) in [5.74, 6) is -0.410. The first-order chi connectivity index (χ1) is 12.3. The largest absolute Gasteiger partial charge is 0.343 e. The highest BCUT2D eigenvalue weighted by atomic mass is 79.9. The fraction of sp³-hybridized carbons (Fsp3) is 0.200. The van der Waals surface area contributed by atoms with E-state index in [1.807, 2.05) is 17.6 Å². The van der Waals surface area contributed by atoms with Gasteiger partial charge < -0.3 is 9.88 Å². The fourth-order valence-electron chi connectivity index (χ4n) is 3.58. The number of carbonyl (C=O) groups excluding carboxylic acids is 1. The molecule has 0 aliphatic carbocycles. The molecule has 1 aliphatic heterocycles. The van der Waals surface area contributed by atoms with E-state index in [2.05, 4.69) is 28.2 Å². The smallest absolute Gasteiger partial charge is 0.261 e. The van der Waals surface area contributed by atoms with Crippen molar-refractivity contribution in [1.29, 1.82) is 0 Å². The standard InChI is InChI=1S/C20H16BrClN2O2/c1-10-5-14(22)3-4-17(10)23-20(26)16-9-24-11(2)6-12-7-13(21)8-15(18(12)24)19(16)25/h3-5,7-9,11H,6H2,1-2H3,(H,23,26)/t11-/m1/s1. The summed E-state index contributed by atoms with van der Waals surface area (Å²) >= 11 is 9.44. The molecule has 6 heteroatoms. The van der Waals surface area contributed by atoms with Crippen LogP contribution in [0.25, 0.3) is 10.9 Å². The van der Waals surface area contributed by atoms with E-state index in [1.165, 1.54) is 0 Å². The zero-order chi connectivity index (χ0) is 18.6. The Morgan fingerprint density at radius 1 is 1.31 bits per heavy atom. The van der Waals surface area contributed by atoms with Gasteiger partial charge in [0.1, 0.15) is 5.56 Å². The monoisotopic (exact) mass is 430 g/mol. The maximum atomic E-state index is 13.0. The molecule has 1 N–H and O–H groups in total. The lowest BCUT2D eigenvalue weighted by molar-refractivity contribution is 0.102. The SMILES string of the molecule is Cc1cc(Cl)ccc1NC(=O)c1cn2c3c(cc(Br)cc3c1=O)C[C@H]2C. The van der Waals surface area contributed by atoms with Crippen molar-refractivity contribution in [2.24, 2.45) is 0 Å². The molecule has 1 aromatic heterocycles. The molecule has 0 radical (unpaired) electrons. The average molecular weight is 432 g/mol. The minimum absolute atomic E-state index is 0.143. The van der Waals surface area contributed by atoms with Gasteiger partial charge in [-0.05, 0) is 61.7 Å². The molecule has 0 saturated carbocycles. The zero-order valence-electron chi connectivity index (χ0n) is 14.3. The number of carbonyl (C=O) groups is 1. The molecule has 4 rings (SSSR count). The predicted octanol–water partition coefficient (Wildman–Crippen LogP) is 5.10. The number of aromatic nitrogens is 1. The second kappa shape index (κ2) is 6.25. The van der Waals surface area contributed by atoms with Crippen LogP contribution in [0.3, 0.4) is 0 Å². The first kappa shape index (κ1) is 17.3. The minimum Gasteiger partial charge on any atom is -0.343 e. The van der Waals surface area contributed by atoms with Crippen LogP contribution in [-0.2, 0) is 6.42 Å². The second-order valence-corrected chi connectivity index (χ2v) is 8.06. The van der Waals surface area contributed by atoms with Gasteiger partial charge in [-0.1, -0.05) is 27.5 Å². The van der Waals surface area contributed by atoms with Crippen molar-refractivity contribution in [3.63, 3.8) is 0 Å². The number of pyridine rings is 1. The van der Waals surface area contributed by atoms with Gasteiger partial charge in [0.05, 0.1) is 5.52 Å². The molecule has 0 saturated heterocycles. The van der Waals surface area contributed by atoms with Crippen LogP contribution in [0.15, 0.2) is 45.8 Å². The van der Waals surface area contributed by atoms with Gasteiger partial charge >= 0.3 is 0 Å². The van der Waals surface area contributed by atoms with Crippen molar-refractivity contribution in [3.05, 3.63) is 72.9 Å². The molecule has 1 atom stereocenters. The molecule has 2 aromatic carbocycles. The highest BCUT2D eigenvalue weighted by Gasteiger charge is 2.25. The van der Waals surface area contributed by atoms with E-state index in [4.69, 9.17) is 11.6 Å². The summed E-state index contributed by atoms with van der Waals surface area (Å²) in [4.78, 5) is 25.8. The number of nitrogens with zero attached hydrogens (tertiary/aromatic N) is 1. The molecule has 0 fully saturated rings. The summed E-state index contributed by atoms with van der Waals surface area (Å²) in [6.45, 7) is 3.95. The van der Waals surface area contributed by atoms with Gasteiger partial charge in [0, 0.05) is 32.8 Å². The second-order valence-electron chi connectivity index (χ2n) is 6.71. The van der Waals surface area contributed by atoms with Gasteiger partial charge in [-0.25, -0.2) is 0 Å². The van der Waals surface area contributed by atoms with E-state index < -0.39 is 5.91 Å². The number of hydrogen-bond acceptors (Lipinski definition) is 2. The van der Waals surface area contributed by atoms with Crippen molar-refractivity contribution in [1.82, 2.24) is 4.57 Å². The normalized spacial score (nSPS) is 15.5. The lowest BCUT2D eigenvalue weighted by Gasteiger charge is -2.13. The topological polar surface area (TPSA) is 51.1 Å². The van der Waals surface area contributed by atoms with Crippen molar-refractivity contribution in [2.45, 2.75) is 26.3 Å². The van der Waals surface area contributed by atoms with Crippen LogP contribution in [0.4, 0.5) is 5.69 Å². The summed E-state index contributed by atoms with van der Waals surface area (Å²) in [6.07, 6.45) is 2.52. The Labute approximate surface area is 163 Å². The Bertz CT molecular complexity index is 1140. The third kappa shape index (κ3) is 2.75. The number of nitrogens with one attached hydrogen (secondary N) is 1. The van der Waals surface area contributed by atoms with E-state index in [9.17, 15) is 9.59 Å². The van der Waals surface area contributed by atoms with Crippen molar-refractivity contribution in [3.8, 4) is 0 Å². The fourth-order valence-corrected chi connectivity index (χ4v) is 4.31. The summed E-state index contributed by atoms with van der Waals surface area (Å²) < 4.78 is 2.88. The van der Waals surface area contributed by atoms with Crippen LogP contribution in [-0.4, -0.2) is 10.5 Å². The van der Waals surface area contributed by atoms with Gasteiger partial charge in [-0.15, -0.1) is 0 Å². The summed E-state index contributed by atoms with van der Waals surface area (Å²) in [5.41, 5.74) is 3.42. The van der Waals surface area contributed by atoms with E-state index >= 15 is 0 Å². The first-order valence-electron chi connectivity index (χ1n) is 8.30. The van der Waals surface area contributed by atoms with Crippen LogP contribution in [0.2, 0.25) is 5.02 Å². The van der Waals surface area contributed by atoms with Crippen LogP contribution >= 0.6 is 27.5 Å². The number of hydrogen-bond donors (Lipinski definition) is 1. The molecule has 4 nitrogen and oxygen atoms in total. The lowest BCUT2D eigenvalue weighted by atomic mass is 10.1. The molecule has 1 aliphatic rings. The zero-order valence-corrected chi connectivity index (χ0v) is 16.6. The van der Waals surface area contributed by atoms with Crippen molar-refractivity contribution < 1.29 is 4.79 Å². The third-order valence-corrected chi connectivity index (χ3v) is 5.53. The molecule has 26 heavy (non-hydrogen) atoms. The Hall–Kier alpha value is -2.11. The van der Waals surface area contributed by atoms with Crippen LogP contribution in [0.5, 0.6) is 0 Å². The van der Waals surface area contributed by atoms with Gasteiger partial charge in [0.2, 0.25) is 5.43 Å². The predicted molar refractivity (Wildman–Crippen MR) is 108 cm³/mol. The molecule has 0 unspecified atom stereocenters. The van der Waals surface area contributed by atoms with E-state index in [1.54, 1.807) is 30.5 Å². The Kier molecular flexibility index (Phi) is 4.16. The van der Waals surface area contributed by atoms with E-state index in [-0.39, 0.29) is 17.0 Å². The Morgan fingerprint density at radius 2 is 2.08 bits per heavy atom. The molecule has 1 amide bonds. The molecule has 3 aromatic rings. The third-order valence-electron chi connectivity index (χ3n) is 4.84. The van der Waals surface area contributed by atoms with Gasteiger partial charge in [0.25, 0.3) is 5.91 Å². The van der Waals surface area contributed by atoms with E-state index in [0.29, 0.717) is 16.1 Å². The van der Waals surface area contributed by atoms with Crippen molar-refractivity contribution >= 4 is 50.0 Å². The maximum Gasteiger partial charge on any atom is 0.261 e. The number of benzene rings is 2. The van der Waals surface area contributed by atoms with Gasteiger partial charge in [-0.3, -0.25) is 9.59 Å². The molecule has 132 valence electrons. The average Bonchev–Trinajstić information content (AvgIpc) is 2.88. The molecule has 2 heterocycles. The lowest BCUT2D eigenvalue weighted by Crippen LogP contribution is -2.24. The molecular formula is C20H16BrClN2O2. The van der Waals surface area contributed by atoms with E-state index in [0.717, 1.165) is 27.5 Å². The Morgan fingerprint density at radius 3 is 2.81 bits per heavy atom. The molecule has 0 spiro atoms. The number of halogens is 2. The minimum atomic E-state index is -0.410. The van der Waals surface area contributed by atoms with Gasteiger partial charge in [-0.2, -0.15) is 0 Å². The molecule has 0 bridgehead atoms. The van der Waals surface area contributed by atoms with Crippen LogP contribution < -0.4 is 10.7 Å². The Balaban J connectivity index is 1.84. The first-order valence-corrected chi connectivity index (χ1v) is 9.47.